The molecule has 1 aliphatic carbocycles. The van der Waals surface area contributed by atoms with Crippen molar-refractivity contribution in [3.8, 4) is 0 Å². The first-order valence-electron chi connectivity index (χ1n) is 10.3. The van der Waals surface area contributed by atoms with Crippen LogP contribution in [0.1, 0.15) is 49.7 Å². The normalized spacial score (nSPS) is 19.0. The summed E-state index contributed by atoms with van der Waals surface area (Å²) in [5.74, 6) is -0.780. The maximum Gasteiger partial charge on any atom is 0.332 e. The van der Waals surface area contributed by atoms with Crippen LogP contribution in [0.25, 0.3) is 0 Å². The first-order valence-corrected chi connectivity index (χ1v) is 10.3. The molecule has 0 spiro atoms. The van der Waals surface area contributed by atoms with Gasteiger partial charge in [-0.15, -0.1) is 0 Å². The van der Waals surface area contributed by atoms with Gasteiger partial charge in [0.15, 0.2) is 5.78 Å². The van der Waals surface area contributed by atoms with E-state index in [0.717, 1.165) is 32.4 Å². The number of aliphatic imine (C=N–C) groups is 1. The molecule has 5 rings (SSSR count). The Bertz CT molecular complexity index is 1430. The van der Waals surface area contributed by atoms with Gasteiger partial charge in [0.05, 0.1) is 17.2 Å². The summed E-state index contributed by atoms with van der Waals surface area (Å²) >= 11 is 0. The largest absolute Gasteiger partial charge is 0.332 e. The minimum absolute atomic E-state index is 0.0275. The molecule has 0 fully saturated rings. The molecule has 0 amide bonds. The fourth-order valence-corrected chi connectivity index (χ4v) is 5.36. The molecule has 0 radical (unpaired) electrons. The van der Waals surface area contributed by atoms with Crippen LogP contribution in [0, 0.1) is 26.7 Å². The number of rotatable bonds is 1. The summed E-state index contributed by atoms with van der Waals surface area (Å²) in [6.45, 7) is 6.06. The van der Waals surface area contributed by atoms with Gasteiger partial charge in [-0.3, -0.25) is 18.7 Å². The second-order valence-corrected chi connectivity index (χ2v) is 8.62. The highest BCUT2D eigenvalue weighted by Gasteiger charge is 2.48. The van der Waals surface area contributed by atoms with Crippen LogP contribution in [0.3, 0.4) is 0 Å². The van der Waals surface area contributed by atoms with E-state index in [-0.39, 0.29) is 5.78 Å². The molecule has 0 bridgehead atoms. The van der Waals surface area contributed by atoms with Crippen LogP contribution in [-0.2, 0) is 14.1 Å². The van der Waals surface area contributed by atoms with Crippen LogP contribution in [0.15, 0.2) is 51.0 Å². The van der Waals surface area contributed by atoms with Crippen LogP contribution in [0.4, 0.5) is 5.82 Å². The summed E-state index contributed by atoms with van der Waals surface area (Å²) in [7, 11) is 3.10. The van der Waals surface area contributed by atoms with Gasteiger partial charge >= 0.3 is 5.69 Å². The number of ketones is 1. The Hall–Kier alpha value is -3.54. The van der Waals surface area contributed by atoms with Gasteiger partial charge in [0, 0.05) is 31.1 Å². The quantitative estimate of drug-likeness (QED) is 0.615. The molecule has 0 saturated carbocycles. The molecule has 2 atom stereocenters. The lowest BCUT2D eigenvalue weighted by Gasteiger charge is -2.32. The molecule has 6 heteroatoms. The Morgan fingerprint density at radius 1 is 0.806 bits per heavy atom. The number of aryl methyl sites for hydroxylation is 3. The molecule has 2 aromatic carbocycles. The van der Waals surface area contributed by atoms with Crippen molar-refractivity contribution in [2.75, 3.05) is 0 Å². The van der Waals surface area contributed by atoms with E-state index < -0.39 is 23.1 Å². The second-order valence-electron chi connectivity index (χ2n) is 8.62. The third-order valence-corrected chi connectivity index (χ3v) is 6.63. The van der Waals surface area contributed by atoms with Crippen molar-refractivity contribution in [1.82, 2.24) is 9.13 Å². The zero-order chi connectivity index (χ0) is 22.2. The maximum atomic E-state index is 13.6. The van der Waals surface area contributed by atoms with Crippen LogP contribution in [0.5, 0.6) is 0 Å². The van der Waals surface area contributed by atoms with Crippen LogP contribution >= 0.6 is 0 Å². The van der Waals surface area contributed by atoms with Crippen LogP contribution in [0.2, 0.25) is 0 Å². The van der Waals surface area contributed by atoms with Gasteiger partial charge < -0.3 is 0 Å². The van der Waals surface area contributed by atoms with Gasteiger partial charge in [-0.05, 0) is 37.5 Å². The fourth-order valence-electron chi connectivity index (χ4n) is 5.36. The Labute approximate surface area is 179 Å². The van der Waals surface area contributed by atoms with Crippen molar-refractivity contribution < 1.29 is 4.79 Å². The van der Waals surface area contributed by atoms with Gasteiger partial charge in [0.25, 0.3) is 5.56 Å². The number of carbonyl (C=O) groups excluding carboxylic acids is 1. The van der Waals surface area contributed by atoms with Gasteiger partial charge in [-0.25, -0.2) is 9.79 Å². The number of benzene rings is 2. The molecule has 0 N–H and O–H groups in total. The summed E-state index contributed by atoms with van der Waals surface area (Å²) in [4.78, 5) is 44.4. The highest BCUT2D eigenvalue weighted by molar-refractivity contribution is 6.30. The SMILES string of the molecule is Cc1cc(C)c([C@H]2c3c(n(C)c(=O)n(C)c3=O)N=C3c4ccccc4C(=O)[C@@H]32)c(C)c1. The molecule has 31 heavy (non-hydrogen) atoms. The number of nitrogens with zero attached hydrogens (tertiary/aromatic N) is 3. The summed E-state index contributed by atoms with van der Waals surface area (Å²) in [5, 5.41) is 0. The molecule has 2 aliphatic rings. The van der Waals surface area contributed by atoms with Crippen molar-refractivity contribution in [2.24, 2.45) is 25.0 Å². The molecular weight excluding hydrogens is 390 g/mol. The third-order valence-electron chi connectivity index (χ3n) is 6.63. The van der Waals surface area contributed by atoms with E-state index in [9.17, 15) is 14.4 Å². The lowest BCUT2D eigenvalue weighted by Crippen LogP contribution is -2.43. The fraction of sp³-hybridized carbons (Fsp3) is 0.280. The molecule has 0 saturated heterocycles. The highest BCUT2D eigenvalue weighted by atomic mass is 16.2. The van der Waals surface area contributed by atoms with E-state index in [2.05, 4.69) is 12.1 Å². The molecule has 6 nitrogen and oxygen atoms in total. The Morgan fingerprint density at radius 2 is 1.42 bits per heavy atom. The van der Waals surface area contributed by atoms with Crippen LogP contribution < -0.4 is 11.2 Å². The second kappa shape index (κ2) is 6.48. The predicted octanol–water partition coefficient (Wildman–Crippen LogP) is 3.09. The zero-order valence-electron chi connectivity index (χ0n) is 18.2. The first kappa shape index (κ1) is 19.4. The molecular formula is C25H23N3O3. The van der Waals surface area contributed by atoms with E-state index in [4.69, 9.17) is 4.99 Å². The number of hydrogen-bond acceptors (Lipinski definition) is 4. The number of aromatic nitrogens is 2. The van der Waals surface area contributed by atoms with E-state index in [0.29, 0.717) is 22.7 Å². The van der Waals surface area contributed by atoms with E-state index in [1.54, 1.807) is 7.05 Å². The Balaban J connectivity index is 1.95. The first-order chi connectivity index (χ1) is 14.7. The smallest absolute Gasteiger partial charge is 0.293 e. The standard InChI is InChI=1S/C25H23N3O3/c1-12-10-13(2)17(14(3)11-12)18-19-21(15-8-6-7-9-16(15)22(19)29)26-23-20(18)24(30)28(5)25(31)27(23)4/h6-11,18-19H,1-5H3/t18-,19-/m1/s1. The molecule has 3 aromatic rings. The van der Waals surface area contributed by atoms with E-state index in [1.807, 2.05) is 45.0 Å². The van der Waals surface area contributed by atoms with E-state index in [1.165, 1.54) is 11.6 Å². The Kier molecular flexibility index (Phi) is 4.06. The molecule has 1 aliphatic heterocycles. The van der Waals surface area contributed by atoms with Crippen LogP contribution in [-0.4, -0.2) is 20.6 Å². The van der Waals surface area contributed by atoms with Crippen molar-refractivity contribution in [3.05, 3.63) is 96.2 Å². The monoisotopic (exact) mass is 413 g/mol. The van der Waals surface area contributed by atoms with Crippen molar-refractivity contribution in [2.45, 2.75) is 26.7 Å². The highest BCUT2D eigenvalue weighted by Crippen LogP contribution is 2.48. The minimum atomic E-state index is -0.588. The molecule has 1 aromatic heterocycles. The summed E-state index contributed by atoms with van der Waals surface area (Å²) in [6, 6.07) is 11.6. The minimum Gasteiger partial charge on any atom is -0.293 e. The molecule has 156 valence electrons. The number of Topliss-reactive ketones (excluding diaryl/α,β-unsaturated/α-hetero) is 1. The third kappa shape index (κ3) is 2.51. The number of hydrogen-bond donors (Lipinski definition) is 0. The lowest BCUT2D eigenvalue weighted by atomic mass is 9.73. The number of carbonyl (C=O) groups is 1. The lowest BCUT2D eigenvalue weighted by molar-refractivity contribution is 0.0953. The van der Waals surface area contributed by atoms with Gasteiger partial charge in [0.1, 0.15) is 5.82 Å². The van der Waals surface area contributed by atoms with Gasteiger partial charge in [-0.2, -0.15) is 0 Å². The van der Waals surface area contributed by atoms with Crippen molar-refractivity contribution >= 4 is 17.3 Å². The predicted molar refractivity (Wildman–Crippen MR) is 120 cm³/mol. The van der Waals surface area contributed by atoms with Crippen molar-refractivity contribution in [1.29, 1.82) is 0 Å². The topological polar surface area (TPSA) is 73.4 Å². The molecule has 0 unspecified atom stereocenters. The maximum absolute atomic E-state index is 13.6. The summed E-state index contributed by atoms with van der Waals surface area (Å²) in [6.07, 6.45) is 0. The van der Waals surface area contributed by atoms with Gasteiger partial charge in [0.2, 0.25) is 0 Å². The average Bonchev–Trinajstić information content (AvgIpc) is 3.02. The van der Waals surface area contributed by atoms with E-state index >= 15 is 0 Å². The zero-order valence-corrected chi connectivity index (χ0v) is 18.2. The van der Waals surface area contributed by atoms with Gasteiger partial charge in [-0.1, -0.05) is 42.0 Å². The Morgan fingerprint density at radius 3 is 2.06 bits per heavy atom. The number of fused-ring (bicyclic) bond motifs is 4. The summed E-state index contributed by atoms with van der Waals surface area (Å²) in [5.41, 5.74) is 5.75. The average molecular weight is 413 g/mol. The summed E-state index contributed by atoms with van der Waals surface area (Å²) < 4.78 is 2.52. The van der Waals surface area contributed by atoms with Crippen molar-refractivity contribution in [3.63, 3.8) is 0 Å². The molecule has 2 heterocycles.